The summed E-state index contributed by atoms with van der Waals surface area (Å²) in [6.07, 6.45) is 0.975. The number of piperidine rings is 1. The minimum atomic E-state index is -0.00981. The van der Waals surface area contributed by atoms with E-state index in [9.17, 15) is 4.79 Å². The van der Waals surface area contributed by atoms with Crippen LogP contribution in [-0.4, -0.2) is 28.7 Å². The van der Waals surface area contributed by atoms with Crippen molar-refractivity contribution in [3.05, 3.63) is 20.3 Å². The van der Waals surface area contributed by atoms with Gasteiger partial charge in [-0.1, -0.05) is 46.1 Å². The summed E-state index contributed by atoms with van der Waals surface area (Å²) in [6, 6.07) is 1.65. The van der Waals surface area contributed by atoms with Crippen molar-refractivity contribution in [1.29, 1.82) is 0 Å². The van der Waals surface area contributed by atoms with E-state index < -0.39 is 0 Å². The highest BCUT2D eigenvalue weighted by Gasteiger charge is 2.29. The molecule has 94 valence electrons. The number of hydrogen-bond acceptors (Lipinski definition) is 2. The number of hydrogen-bond donors (Lipinski definition) is 0. The minimum absolute atomic E-state index is 0.00981. The first-order valence-corrected chi connectivity index (χ1v) is 7.86. The molecule has 1 aromatic heterocycles. The molecule has 1 aliphatic heterocycles. The minimum Gasteiger partial charge on any atom is -0.338 e. The molecular formula is C11H12BrCl2NOS. The Labute approximate surface area is 123 Å². The van der Waals surface area contributed by atoms with Crippen LogP contribution in [-0.2, 0) is 0 Å². The van der Waals surface area contributed by atoms with Gasteiger partial charge in [-0.3, -0.25) is 4.79 Å². The van der Waals surface area contributed by atoms with Gasteiger partial charge in [0.1, 0.15) is 4.34 Å². The molecule has 1 aromatic rings. The predicted octanol–water partition coefficient (Wildman–Crippen LogP) is 4.30. The van der Waals surface area contributed by atoms with Gasteiger partial charge in [0.25, 0.3) is 5.91 Å². The van der Waals surface area contributed by atoms with Crippen molar-refractivity contribution in [1.82, 2.24) is 4.90 Å². The van der Waals surface area contributed by atoms with Crippen molar-refractivity contribution in [2.45, 2.75) is 18.2 Å². The highest BCUT2D eigenvalue weighted by Crippen LogP contribution is 2.33. The van der Waals surface area contributed by atoms with Gasteiger partial charge in [-0.15, -0.1) is 11.3 Å². The molecular weight excluding hydrogens is 345 g/mol. The van der Waals surface area contributed by atoms with Crippen LogP contribution < -0.4 is 0 Å². The fourth-order valence-electron chi connectivity index (χ4n) is 1.96. The van der Waals surface area contributed by atoms with Gasteiger partial charge in [-0.25, -0.2) is 0 Å². The first kappa shape index (κ1) is 13.7. The molecule has 0 N–H and O–H groups in total. The molecule has 6 heteroatoms. The molecule has 1 fully saturated rings. The lowest BCUT2D eigenvalue weighted by atomic mass is 9.99. The zero-order valence-corrected chi connectivity index (χ0v) is 13.2. The zero-order chi connectivity index (χ0) is 12.6. The molecule has 2 unspecified atom stereocenters. The Morgan fingerprint density at radius 1 is 1.59 bits per heavy atom. The van der Waals surface area contributed by atoms with E-state index in [1.165, 1.54) is 11.3 Å². The van der Waals surface area contributed by atoms with Crippen LogP contribution in [0.3, 0.4) is 0 Å². The molecule has 2 heterocycles. The van der Waals surface area contributed by atoms with Crippen molar-refractivity contribution in [3.63, 3.8) is 0 Å². The van der Waals surface area contributed by atoms with Crippen molar-refractivity contribution in [2.75, 3.05) is 13.1 Å². The van der Waals surface area contributed by atoms with Crippen LogP contribution in [0, 0.1) is 5.92 Å². The molecule has 0 saturated carbocycles. The van der Waals surface area contributed by atoms with Crippen LogP contribution in [0.25, 0.3) is 0 Å². The number of halogens is 3. The van der Waals surface area contributed by atoms with Crippen LogP contribution in [0.2, 0.25) is 8.67 Å². The standard InChI is InChI=1S/C11H12BrCl2NOS/c1-6-5-15(3-2-8(6)12)11(16)7-4-9(13)17-10(7)14/h4,6,8H,2-3,5H2,1H3. The van der Waals surface area contributed by atoms with Gasteiger partial charge in [0.15, 0.2) is 0 Å². The Morgan fingerprint density at radius 2 is 2.29 bits per heavy atom. The SMILES string of the molecule is CC1CN(C(=O)c2cc(Cl)sc2Cl)CCC1Br. The van der Waals surface area contributed by atoms with E-state index >= 15 is 0 Å². The Hall–Kier alpha value is 0.230. The lowest BCUT2D eigenvalue weighted by molar-refractivity contribution is 0.0691. The third-order valence-corrected chi connectivity index (χ3v) is 5.82. The summed E-state index contributed by atoms with van der Waals surface area (Å²) in [6.45, 7) is 3.67. The predicted molar refractivity (Wildman–Crippen MR) is 76.7 cm³/mol. The number of carbonyl (C=O) groups is 1. The maximum Gasteiger partial charge on any atom is 0.256 e. The van der Waals surface area contributed by atoms with Crippen molar-refractivity contribution >= 4 is 56.4 Å². The maximum atomic E-state index is 12.3. The molecule has 2 nitrogen and oxygen atoms in total. The van der Waals surface area contributed by atoms with E-state index in [1.54, 1.807) is 6.07 Å². The second-order valence-electron chi connectivity index (χ2n) is 4.27. The van der Waals surface area contributed by atoms with Crippen LogP contribution in [0.1, 0.15) is 23.7 Å². The summed E-state index contributed by atoms with van der Waals surface area (Å²) in [7, 11) is 0. The van der Waals surface area contributed by atoms with Crippen LogP contribution in [0.4, 0.5) is 0 Å². The zero-order valence-electron chi connectivity index (χ0n) is 9.25. The second kappa shape index (κ2) is 5.47. The van der Waals surface area contributed by atoms with Crippen molar-refractivity contribution in [3.8, 4) is 0 Å². The number of likely N-dealkylation sites (tertiary alicyclic amines) is 1. The molecule has 17 heavy (non-hydrogen) atoms. The number of carbonyl (C=O) groups excluding carboxylic acids is 1. The molecule has 1 amide bonds. The number of alkyl halides is 1. The summed E-state index contributed by atoms with van der Waals surface area (Å²) >= 11 is 16.7. The van der Waals surface area contributed by atoms with E-state index in [2.05, 4.69) is 22.9 Å². The second-order valence-corrected chi connectivity index (χ2v) is 7.73. The quantitative estimate of drug-likeness (QED) is 0.687. The molecule has 0 radical (unpaired) electrons. The van der Waals surface area contributed by atoms with Crippen LogP contribution >= 0.6 is 50.5 Å². The highest BCUT2D eigenvalue weighted by molar-refractivity contribution is 9.09. The normalized spacial score (nSPS) is 25.1. The monoisotopic (exact) mass is 355 g/mol. The highest BCUT2D eigenvalue weighted by atomic mass is 79.9. The van der Waals surface area contributed by atoms with Gasteiger partial charge in [-0.05, 0) is 18.4 Å². The van der Waals surface area contributed by atoms with Gasteiger partial charge in [0.2, 0.25) is 0 Å². The third kappa shape index (κ3) is 2.98. The topological polar surface area (TPSA) is 20.3 Å². The number of nitrogens with zero attached hydrogens (tertiary/aromatic N) is 1. The van der Waals surface area contributed by atoms with E-state index in [0.717, 1.165) is 19.5 Å². The van der Waals surface area contributed by atoms with Gasteiger partial charge in [-0.2, -0.15) is 0 Å². The van der Waals surface area contributed by atoms with Gasteiger partial charge in [0, 0.05) is 17.9 Å². The fourth-order valence-corrected chi connectivity index (χ4v) is 3.78. The molecule has 0 aliphatic carbocycles. The van der Waals surface area contributed by atoms with E-state index in [4.69, 9.17) is 23.2 Å². The first-order valence-electron chi connectivity index (χ1n) is 5.37. The summed E-state index contributed by atoms with van der Waals surface area (Å²) < 4.78 is 1.04. The maximum absolute atomic E-state index is 12.3. The lowest BCUT2D eigenvalue weighted by Crippen LogP contribution is -2.43. The molecule has 2 rings (SSSR count). The Kier molecular flexibility index (Phi) is 4.40. The van der Waals surface area contributed by atoms with E-state index in [1.807, 2.05) is 4.90 Å². The number of rotatable bonds is 1. The number of amides is 1. The average molecular weight is 357 g/mol. The molecule has 1 saturated heterocycles. The van der Waals surface area contributed by atoms with Crippen molar-refractivity contribution < 1.29 is 4.79 Å². The lowest BCUT2D eigenvalue weighted by Gasteiger charge is -2.34. The largest absolute Gasteiger partial charge is 0.338 e. The summed E-state index contributed by atoms with van der Waals surface area (Å²) in [5.41, 5.74) is 0.530. The summed E-state index contributed by atoms with van der Waals surface area (Å²) in [4.78, 5) is 14.6. The third-order valence-electron chi connectivity index (χ3n) is 2.97. The molecule has 0 bridgehead atoms. The smallest absolute Gasteiger partial charge is 0.256 e. The molecule has 1 aliphatic rings. The average Bonchev–Trinajstić information content (AvgIpc) is 2.61. The molecule has 0 spiro atoms. The molecule has 2 atom stereocenters. The van der Waals surface area contributed by atoms with Crippen molar-refractivity contribution in [2.24, 2.45) is 5.92 Å². The fraction of sp³-hybridized carbons (Fsp3) is 0.545. The van der Waals surface area contributed by atoms with Gasteiger partial charge >= 0.3 is 0 Å². The Morgan fingerprint density at radius 3 is 2.82 bits per heavy atom. The first-order chi connectivity index (χ1) is 7.99. The number of thiophene rings is 1. The molecule has 0 aromatic carbocycles. The summed E-state index contributed by atoms with van der Waals surface area (Å²) in [5, 5.41) is 0. The van der Waals surface area contributed by atoms with Crippen LogP contribution in [0.15, 0.2) is 6.07 Å². The van der Waals surface area contributed by atoms with Crippen LogP contribution in [0.5, 0.6) is 0 Å². The van der Waals surface area contributed by atoms with E-state index in [-0.39, 0.29) is 5.91 Å². The summed E-state index contributed by atoms with van der Waals surface area (Å²) in [5.74, 6) is 0.449. The van der Waals surface area contributed by atoms with E-state index in [0.29, 0.717) is 25.0 Å². The van der Waals surface area contributed by atoms with Gasteiger partial charge in [0.05, 0.1) is 9.90 Å². The Balaban J connectivity index is 2.13. The Bertz CT molecular complexity index is 437. The van der Waals surface area contributed by atoms with Gasteiger partial charge < -0.3 is 4.90 Å².